The van der Waals surface area contributed by atoms with E-state index in [1.807, 2.05) is 30.3 Å². The summed E-state index contributed by atoms with van der Waals surface area (Å²) in [5.41, 5.74) is 0.907. The number of halogens is 1. The monoisotopic (exact) mass is 334 g/mol. The van der Waals surface area contributed by atoms with Crippen molar-refractivity contribution in [3.05, 3.63) is 39.9 Å². The van der Waals surface area contributed by atoms with Gasteiger partial charge in [-0.15, -0.1) is 0 Å². The molecule has 1 N–H and O–H groups in total. The Morgan fingerprint density at radius 3 is 3.10 bits per heavy atom. The first kappa shape index (κ1) is 14.8. The van der Waals surface area contributed by atoms with Crippen LogP contribution >= 0.6 is 15.9 Å². The van der Waals surface area contributed by atoms with Crippen LogP contribution in [0.1, 0.15) is 18.4 Å². The highest BCUT2D eigenvalue weighted by Gasteiger charge is 2.17. The van der Waals surface area contributed by atoms with E-state index in [1.165, 1.54) is 0 Å². The maximum Gasteiger partial charge on any atom is 0.262 e. The molecule has 0 radical (unpaired) electrons. The van der Waals surface area contributed by atoms with Gasteiger partial charge in [-0.25, -0.2) is 0 Å². The van der Waals surface area contributed by atoms with E-state index in [4.69, 9.17) is 10.00 Å². The summed E-state index contributed by atoms with van der Waals surface area (Å²) in [6.45, 7) is 1.20. The Morgan fingerprint density at radius 2 is 2.45 bits per heavy atom. The molecule has 1 aliphatic heterocycles. The van der Waals surface area contributed by atoms with Crippen molar-refractivity contribution < 1.29 is 9.53 Å². The van der Waals surface area contributed by atoms with E-state index in [9.17, 15) is 4.79 Å². The fraction of sp³-hybridized carbons (Fsp3) is 0.333. The molecule has 20 heavy (non-hydrogen) atoms. The third-order valence-corrected chi connectivity index (χ3v) is 3.53. The zero-order valence-corrected chi connectivity index (χ0v) is 12.5. The number of carbonyl (C=O) groups excluding carboxylic acids is 1. The Morgan fingerprint density at radius 1 is 1.60 bits per heavy atom. The first-order chi connectivity index (χ1) is 9.69. The van der Waals surface area contributed by atoms with E-state index in [2.05, 4.69) is 21.2 Å². The van der Waals surface area contributed by atoms with E-state index in [0.717, 1.165) is 29.5 Å². The zero-order valence-electron chi connectivity index (χ0n) is 10.9. The van der Waals surface area contributed by atoms with Gasteiger partial charge in [0.2, 0.25) is 0 Å². The molecular weight excluding hydrogens is 320 g/mol. The molecule has 5 heteroatoms. The molecule has 104 valence electrons. The lowest BCUT2D eigenvalue weighted by atomic mass is 10.1. The predicted octanol–water partition coefficient (Wildman–Crippen LogP) is 2.65. The molecule has 4 nitrogen and oxygen atoms in total. The van der Waals surface area contributed by atoms with Crippen molar-refractivity contribution in [1.29, 1.82) is 5.26 Å². The van der Waals surface area contributed by atoms with Crippen molar-refractivity contribution in [3.63, 3.8) is 0 Å². The Balaban J connectivity index is 1.99. The number of rotatable bonds is 4. The molecule has 1 aliphatic rings. The van der Waals surface area contributed by atoms with Gasteiger partial charge in [0.15, 0.2) is 0 Å². The maximum atomic E-state index is 12.0. The number of amides is 1. The normalized spacial score (nSPS) is 18.6. The van der Waals surface area contributed by atoms with Gasteiger partial charge in [0.25, 0.3) is 5.91 Å². The molecule has 1 saturated heterocycles. The summed E-state index contributed by atoms with van der Waals surface area (Å²) in [6.07, 6.45) is 3.64. The number of nitrogens with zero attached hydrogens (tertiary/aromatic N) is 1. The lowest BCUT2D eigenvalue weighted by Gasteiger charge is -2.10. The molecule has 1 aromatic carbocycles. The Bertz CT molecular complexity index is 557. The molecule has 0 unspecified atom stereocenters. The van der Waals surface area contributed by atoms with Crippen LogP contribution in [0.3, 0.4) is 0 Å². The van der Waals surface area contributed by atoms with Gasteiger partial charge in [0, 0.05) is 17.6 Å². The second-order valence-electron chi connectivity index (χ2n) is 4.57. The first-order valence-corrected chi connectivity index (χ1v) is 7.25. The highest BCUT2D eigenvalue weighted by molar-refractivity contribution is 9.10. The smallest absolute Gasteiger partial charge is 0.262 e. The topological polar surface area (TPSA) is 62.1 Å². The Kier molecular flexibility index (Phi) is 5.33. The van der Waals surface area contributed by atoms with Crippen molar-refractivity contribution in [2.24, 2.45) is 0 Å². The lowest BCUT2D eigenvalue weighted by Crippen LogP contribution is -2.32. The molecule has 0 spiro atoms. The number of hydrogen-bond acceptors (Lipinski definition) is 3. The fourth-order valence-corrected chi connectivity index (χ4v) is 2.44. The van der Waals surface area contributed by atoms with Crippen molar-refractivity contribution in [3.8, 4) is 6.07 Å². The van der Waals surface area contributed by atoms with Gasteiger partial charge in [0.05, 0.1) is 6.10 Å². The first-order valence-electron chi connectivity index (χ1n) is 6.46. The van der Waals surface area contributed by atoms with Crippen LogP contribution in [0.15, 0.2) is 34.3 Å². The molecule has 1 fully saturated rings. The molecule has 1 aromatic rings. The van der Waals surface area contributed by atoms with Gasteiger partial charge >= 0.3 is 0 Å². The largest absolute Gasteiger partial charge is 0.376 e. The van der Waals surface area contributed by atoms with Crippen molar-refractivity contribution in [1.82, 2.24) is 5.32 Å². The minimum absolute atomic E-state index is 0.0739. The standard InChI is InChI=1S/C15H15BrN2O2/c16-13-4-1-3-11(8-13)7-12(9-17)15(19)18-10-14-5-2-6-20-14/h1,3-4,7-8,14H,2,5-6,10H2,(H,18,19)/b12-7+/t14-/m1/s1. The van der Waals surface area contributed by atoms with Gasteiger partial charge in [-0.2, -0.15) is 5.26 Å². The van der Waals surface area contributed by atoms with E-state index in [0.29, 0.717) is 6.54 Å². The Hall–Kier alpha value is -1.64. The molecule has 1 amide bonds. The van der Waals surface area contributed by atoms with Crippen LogP contribution in [-0.4, -0.2) is 25.2 Å². The number of benzene rings is 1. The van der Waals surface area contributed by atoms with Crippen LogP contribution in [0.25, 0.3) is 6.08 Å². The molecule has 0 aliphatic carbocycles. The molecule has 2 rings (SSSR count). The highest BCUT2D eigenvalue weighted by atomic mass is 79.9. The minimum Gasteiger partial charge on any atom is -0.376 e. The van der Waals surface area contributed by atoms with Gasteiger partial charge < -0.3 is 10.1 Å². The number of hydrogen-bond donors (Lipinski definition) is 1. The Labute approximate surface area is 126 Å². The van der Waals surface area contributed by atoms with Crippen molar-refractivity contribution in [2.75, 3.05) is 13.2 Å². The summed E-state index contributed by atoms with van der Waals surface area (Å²) in [5.74, 6) is -0.358. The summed E-state index contributed by atoms with van der Waals surface area (Å²) >= 11 is 3.36. The average Bonchev–Trinajstić information content (AvgIpc) is 2.95. The third kappa shape index (κ3) is 4.19. The third-order valence-electron chi connectivity index (χ3n) is 3.04. The predicted molar refractivity (Wildman–Crippen MR) is 79.7 cm³/mol. The van der Waals surface area contributed by atoms with E-state index >= 15 is 0 Å². The number of carbonyl (C=O) groups is 1. The lowest BCUT2D eigenvalue weighted by molar-refractivity contribution is -0.117. The summed E-state index contributed by atoms with van der Waals surface area (Å²) in [5, 5.41) is 11.8. The summed E-state index contributed by atoms with van der Waals surface area (Å²) in [7, 11) is 0. The van der Waals surface area contributed by atoms with Gasteiger partial charge in [0.1, 0.15) is 11.6 Å². The van der Waals surface area contributed by atoms with E-state index < -0.39 is 0 Å². The number of ether oxygens (including phenoxy) is 1. The molecule has 0 saturated carbocycles. The van der Waals surface area contributed by atoms with Gasteiger partial charge in [-0.3, -0.25) is 4.79 Å². The maximum absolute atomic E-state index is 12.0. The number of nitrogens with one attached hydrogen (secondary N) is 1. The van der Waals surface area contributed by atoms with E-state index in [-0.39, 0.29) is 17.6 Å². The van der Waals surface area contributed by atoms with Crippen molar-refractivity contribution >= 4 is 27.9 Å². The van der Waals surface area contributed by atoms with Crippen LogP contribution in [0.5, 0.6) is 0 Å². The van der Waals surface area contributed by atoms with Gasteiger partial charge in [-0.05, 0) is 36.6 Å². The number of nitriles is 1. The second-order valence-corrected chi connectivity index (χ2v) is 5.49. The quantitative estimate of drug-likeness (QED) is 0.680. The summed E-state index contributed by atoms with van der Waals surface area (Å²) in [6, 6.07) is 9.38. The fourth-order valence-electron chi connectivity index (χ4n) is 2.02. The zero-order chi connectivity index (χ0) is 14.4. The van der Waals surface area contributed by atoms with Crippen LogP contribution in [0.2, 0.25) is 0 Å². The molecule has 1 atom stereocenters. The van der Waals surface area contributed by atoms with Crippen LogP contribution in [-0.2, 0) is 9.53 Å². The molecule has 1 heterocycles. The summed E-state index contributed by atoms with van der Waals surface area (Å²) in [4.78, 5) is 12.0. The van der Waals surface area contributed by atoms with Crippen LogP contribution in [0.4, 0.5) is 0 Å². The van der Waals surface area contributed by atoms with Crippen LogP contribution < -0.4 is 5.32 Å². The van der Waals surface area contributed by atoms with Crippen LogP contribution in [0, 0.1) is 11.3 Å². The molecular formula is C15H15BrN2O2. The molecule has 0 aromatic heterocycles. The average molecular weight is 335 g/mol. The summed E-state index contributed by atoms with van der Waals surface area (Å²) < 4.78 is 6.33. The van der Waals surface area contributed by atoms with Gasteiger partial charge in [-0.1, -0.05) is 28.1 Å². The second kappa shape index (κ2) is 7.22. The van der Waals surface area contributed by atoms with Crippen molar-refractivity contribution in [2.45, 2.75) is 18.9 Å². The van der Waals surface area contributed by atoms with E-state index in [1.54, 1.807) is 6.08 Å². The highest BCUT2D eigenvalue weighted by Crippen LogP contribution is 2.15. The SMILES string of the molecule is N#C/C(=C\c1cccc(Br)c1)C(=O)NC[C@H]1CCCO1. The minimum atomic E-state index is -0.358. The molecule has 0 bridgehead atoms.